The molecule has 5 N–H and O–H groups in total. The minimum absolute atomic E-state index is 0.0745. The number of ether oxygens (including phenoxy) is 1. The molecule has 1 aliphatic carbocycles. The van der Waals surface area contributed by atoms with E-state index in [2.05, 4.69) is 15.6 Å². The van der Waals surface area contributed by atoms with Crippen LogP contribution in [0.5, 0.6) is 5.75 Å². The predicted molar refractivity (Wildman–Crippen MR) is 127 cm³/mol. The maximum Gasteiger partial charge on any atom is 0.271 e. The molecular formula is C25H31N5O5. The van der Waals surface area contributed by atoms with Gasteiger partial charge in [-0.15, -0.1) is 0 Å². The van der Waals surface area contributed by atoms with Gasteiger partial charge in [-0.25, -0.2) is 0 Å². The van der Waals surface area contributed by atoms with Gasteiger partial charge in [-0.3, -0.25) is 19.2 Å². The van der Waals surface area contributed by atoms with Gasteiger partial charge in [0.05, 0.1) is 7.11 Å². The van der Waals surface area contributed by atoms with E-state index < -0.39 is 23.9 Å². The Balaban J connectivity index is 1.37. The molecule has 5 rings (SSSR count). The zero-order chi connectivity index (χ0) is 24.7. The van der Waals surface area contributed by atoms with Gasteiger partial charge in [0.1, 0.15) is 23.5 Å². The lowest BCUT2D eigenvalue weighted by Crippen LogP contribution is -2.53. The first-order valence-electron chi connectivity index (χ1n) is 12.1. The van der Waals surface area contributed by atoms with E-state index in [1.54, 1.807) is 18.1 Å². The molecule has 2 aliphatic heterocycles. The molecule has 10 heteroatoms. The van der Waals surface area contributed by atoms with Crippen molar-refractivity contribution in [3.05, 3.63) is 30.0 Å². The number of nitrogens with zero attached hydrogens (tertiary/aromatic N) is 1. The molecular weight excluding hydrogens is 450 g/mol. The van der Waals surface area contributed by atoms with E-state index in [0.717, 1.165) is 30.2 Å². The number of nitrogens with one attached hydrogen (secondary N) is 3. The smallest absolute Gasteiger partial charge is 0.271 e. The van der Waals surface area contributed by atoms with Crippen LogP contribution >= 0.6 is 0 Å². The Hall–Kier alpha value is -3.56. The molecule has 0 bridgehead atoms. The van der Waals surface area contributed by atoms with Gasteiger partial charge in [-0.2, -0.15) is 0 Å². The lowest BCUT2D eigenvalue weighted by atomic mass is 9.67. The third kappa shape index (κ3) is 4.21. The Labute approximate surface area is 202 Å². The van der Waals surface area contributed by atoms with Crippen molar-refractivity contribution >= 4 is 34.5 Å². The number of methoxy groups -OCH3 is 1. The van der Waals surface area contributed by atoms with Crippen molar-refractivity contribution in [2.45, 2.75) is 50.6 Å². The van der Waals surface area contributed by atoms with E-state index in [9.17, 15) is 19.2 Å². The Bertz CT molecular complexity index is 1190. The fraction of sp³-hybridized carbons (Fsp3) is 0.520. The Morgan fingerprint density at radius 2 is 2.11 bits per heavy atom. The lowest BCUT2D eigenvalue weighted by Gasteiger charge is -2.37. The van der Waals surface area contributed by atoms with Crippen LogP contribution in [-0.4, -0.2) is 65.8 Å². The quantitative estimate of drug-likeness (QED) is 0.467. The highest BCUT2D eigenvalue weighted by Crippen LogP contribution is 2.50. The lowest BCUT2D eigenvalue weighted by molar-refractivity contribution is -0.131. The molecule has 3 heterocycles. The van der Waals surface area contributed by atoms with Gasteiger partial charge in [0.2, 0.25) is 17.7 Å². The highest BCUT2D eigenvalue weighted by molar-refractivity contribution is 6.02. The van der Waals surface area contributed by atoms with Gasteiger partial charge >= 0.3 is 0 Å². The number of carbonyl (C=O) groups excluding carboxylic acids is 4. The summed E-state index contributed by atoms with van der Waals surface area (Å²) in [5, 5.41) is 6.29. The van der Waals surface area contributed by atoms with Gasteiger partial charge < -0.3 is 31.0 Å². The standard InChI is InChI=1S/C25H31N5O5/c1-35-20-5-2-4-16-15(20)11-18(28-16)24(34)30-13-25(7-3-8-25)12-19(30)23(33)29-17(21(26)31)10-14-6-9-27-22(14)32/h2,4-5,11,14,17,19,28H,3,6-10,12-13H2,1H3,(H2,26,31)(H,27,32)(H,29,33)/t14-,17?,19-/m0/s1. The van der Waals surface area contributed by atoms with E-state index >= 15 is 0 Å². The van der Waals surface area contributed by atoms with Crippen LogP contribution in [0, 0.1) is 11.3 Å². The van der Waals surface area contributed by atoms with E-state index in [4.69, 9.17) is 10.5 Å². The molecule has 2 saturated heterocycles. The Kier molecular flexibility index (Phi) is 5.90. The van der Waals surface area contributed by atoms with Crippen molar-refractivity contribution in [2.75, 3.05) is 20.2 Å². The molecule has 3 fully saturated rings. The van der Waals surface area contributed by atoms with Crippen LogP contribution < -0.4 is 21.1 Å². The second kappa shape index (κ2) is 8.90. The summed E-state index contributed by atoms with van der Waals surface area (Å²) in [6.45, 7) is 1.04. The second-order valence-corrected chi connectivity index (χ2v) is 10.1. The average molecular weight is 482 g/mol. The number of rotatable bonds is 7. The number of primary amides is 1. The van der Waals surface area contributed by atoms with Crippen LogP contribution in [0.2, 0.25) is 0 Å². The number of carbonyl (C=O) groups is 4. The van der Waals surface area contributed by atoms with E-state index in [1.165, 1.54) is 0 Å². The van der Waals surface area contributed by atoms with Gasteiger partial charge in [-0.05, 0) is 55.7 Å². The number of hydrogen-bond donors (Lipinski definition) is 4. The van der Waals surface area contributed by atoms with Crippen molar-refractivity contribution in [3.63, 3.8) is 0 Å². The van der Waals surface area contributed by atoms with Gasteiger partial charge in [0, 0.05) is 29.9 Å². The SMILES string of the molecule is COc1cccc2[nH]c(C(=O)N3CC4(CCC4)C[C@H]3C(=O)NC(C[C@@H]3CCNC3=O)C(N)=O)cc12. The number of hydrogen-bond acceptors (Lipinski definition) is 5. The van der Waals surface area contributed by atoms with Crippen LogP contribution in [0.4, 0.5) is 0 Å². The summed E-state index contributed by atoms with van der Waals surface area (Å²) >= 11 is 0. The van der Waals surface area contributed by atoms with Gasteiger partial charge in [0.15, 0.2) is 0 Å². The van der Waals surface area contributed by atoms with E-state index in [0.29, 0.717) is 37.4 Å². The summed E-state index contributed by atoms with van der Waals surface area (Å²) in [5.74, 6) is -1.20. The predicted octanol–water partition coefficient (Wildman–Crippen LogP) is 1.06. The molecule has 2 aromatic rings. The molecule has 1 aromatic carbocycles. The average Bonchev–Trinajstić information content (AvgIpc) is 3.54. The van der Waals surface area contributed by atoms with Crippen molar-refractivity contribution < 1.29 is 23.9 Å². The van der Waals surface area contributed by atoms with Crippen LogP contribution in [0.25, 0.3) is 10.9 Å². The zero-order valence-corrected chi connectivity index (χ0v) is 19.8. The maximum atomic E-state index is 13.6. The Morgan fingerprint density at radius 3 is 2.74 bits per heavy atom. The van der Waals surface area contributed by atoms with Crippen LogP contribution in [0.1, 0.15) is 49.0 Å². The molecule has 1 spiro atoms. The number of benzene rings is 1. The summed E-state index contributed by atoms with van der Waals surface area (Å²) in [7, 11) is 1.58. The van der Waals surface area contributed by atoms with Gasteiger partial charge in [-0.1, -0.05) is 12.5 Å². The first-order valence-corrected chi connectivity index (χ1v) is 12.1. The van der Waals surface area contributed by atoms with Crippen LogP contribution in [-0.2, 0) is 14.4 Å². The Morgan fingerprint density at radius 1 is 1.31 bits per heavy atom. The normalized spacial score (nSPS) is 23.7. The van der Waals surface area contributed by atoms with Crippen LogP contribution in [0.15, 0.2) is 24.3 Å². The monoisotopic (exact) mass is 481 g/mol. The third-order valence-electron chi connectivity index (χ3n) is 7.90. The number of nitrogens with two attached hydrogens (primary N) is 1. The number of amides is 4. The molecule has 10 nitrogen and oxygen atoms in total. The molecule has 3 aliphatic rings. The summed E-state index contributed by atoms with van der Waals surface area (Å²) in [6.07, 6.45) is 4.29. The largest absolute Gasteiger partial charge is 0.496 e. The second-order valence-electron chi connectivity index (χ2n) is 10.1. The van der Waals surface area contributed by atoms with Gasteiger partial charge in [0.25, 0.3) is 5.91 Å². The van der Waals surface area contributed by atoms with Crippen molar-refractivity contribution in [1.29, 1.82) is 0 Å². The molecule has 186 valence electrons. The number of aromatic nitrogens is 1. The van der Waals surface area contributed by atoms with E-state index in [-0.39, 0.29) is 29.6 Å². The minimum Gasteiger partial charge on any atom is -0.496 e. The summed E-state index contributed by atoms with van der Waals surface area (Å²) < 4.78 is 5.41. The fourth-order valence-electron chi connectivity index (χ4n) is 5.79. The molecule has 4 amide bonds. The zero-order valence-electron chi connectivity index (χ0n) is 19.8. The highest BCUT2D eigenvalue weighted by atomic mass is 16.5. The number of fused-ring (bicyclic) bond motifs is 1. The molecule has 1 unspecified atom stereocenters. The number of aromatic amines is 1. The first kappa shape index (κ1) is 23.2. The summed E-state index contributed by atoms with van der Waals surface area (Å²) in [4.78, 5) is 55.9. The number of H-pyrrole nitrogens is 1. The van der Waals surface area contributed by atoms with Crippen molar-refractivity contribution in [2.24, 2.45) is 17.1 Å². The maximum absolute atomic E-state index is 13.6. The highest BCUT2D eigenvalue weighted by Gasteiger charge is 2.52. The summed E-state index contributed by atoms with van der Waals surface area (Å²) in [6, 6.07) is 5.61. The molecule has 1 saturated carbocycles. The van der Waals surface area contributed by atoms with Crippen LogP contribution in [0.3, 0.4) is 0 Å². The molecule has 3 atom stereocenters. The topological polar surface area (TPSA) is 147 Å². The minimum atomic E-state index is -0.969. The molecule has 0 radical (unpaired) electrons. The first-order chi connectivity index (χ1) is 16.8. The van der Waals surface area contributed by atoms with E-state index in [1.807, 2.05) is 18.2 Å². The fourth-order valence-corrected chi connectivity index (χ4v) is 5.79. The molecule has 1 aromatic heterocycles. The van der Waals surface area contributed by atoms with Crippen molar-refractivity contribution in [3.8, 4) is 5.75 Å². The third-order valence-corrected chi connectivity index (χ3v) is 7.90. The molecule has 35 heavy (non-hydrogen) atoms. The summed E-state index contributed by atoms with van der Waals surface area (Å²) in [5.41, 5.74) is 6.65. The van der Waals surface area contributed by atoms with Crippen molar-refractivity contribution in [1.82, 2.24) is 20.5 Å². The number of likely N-dealkylation sites (tertiary alicyclic amines) is 1.